The Hall–Kier alpha value is -0.960. The van der Waals surface area contributed by atoms with Gasteiger partial charge in [0.05, 0.1) is 0 Å². The van der Waals surface area contributed by atoms with Crippen LogP contribution in [0.5, 0.6) is 0 Å². The smallest absolute Gasteiger partial charge is 0.232 e. The molecular weight excluding hydrogens is 147 g/mol. The highest BCUT2D eigenvalue weighted by Crippen LogP contribution is 2.26. The highest BCUT2D eigenvalue weighted by Gasteiger charge is 2.28. The number of rotatable bonds is 2. The molecule has 3 heteroatoms. The maximum absolute atomic E-state index is 13.2. The third-order valence-corrected chi connectivity index (χ3v) is 1.59. The number of aldehydes is 1. The van der Waals surface area contributed by atoms with Gasteiger partial charge in [-0.25, -0.2) is 4.39 Å². The van der Waals surface area contributed by atoms with E-state index in [1.165, 1.54) is 19.3 Å². The van der Waals surface area contributed by atoms with Gasteiger partial charge in [-0.1, -0.05) is 12.2 Å². The monoisotopic (exact) mass is 156 g/mol. The summed E-state index contributed by atoms with van der Waals surface area (Å²) < 4.78 is 17.8. The fraction of sp³-hybridized carbons (Fsp3) is 0.375. The number of hydrogen-bond acceptors (Lipinski definition) is 2. The molecule has 0 bridgehead atoms. The van der Waals surface area contributed by atoms with Crippen molar-refractivity contribution in [1.82, 2.24) is 0 Å². The van der Waals surface area contributed by atoms with E-state index >= 15 is 0 Å². The first-order valence-electron chi connectivity index (χ1n) is 3.28. The summed E-state index contributed by atoms with van der Waals surface area (Å²) in [6, 6.07) is 0. The Morgan fingerprint density at radius 3 is 3.09 bits per heavy atom. The van der Waals surface area contributed by atoms with E-state index in [1.807, 2.05) is 0 Å². The number of ether oxygens (including phenoxy) is 1. The van der Waals surface area contributed by atoms with Crippen molar-refractivity contribution < 1.29 is 13.9 Å². The molecule has 2 nitrogen and oxygen atoms in total. The van der Waals surface area contributed by atoms with Gasteiger partial charge in [-0.05, 0) is 11.6 Å². The number of hydrogen-bond donors (Lipinski definition) is 0. The summed E-state index contributed by atoms with van der Waals surface area (Å²) >= 11 is 0. The van der Waals surface area contributed by atoms with Gasteiger partial charge in [-0.15, -0.1) is 0 Å². The summed E-state index contributed by atoms with van der Waals surface area (Å²) in [5.41, 5.74) is 0.414. The van der Waals surface area contributed by atoms with Gasteiger partial charge in [0, 0.05) is 13.5 Å². The molecule has 0 radical (unpaired) electrons. The summed E-state index contributed by atoms with van der Waals surface area (Å²) in [4.78, 5) is 10.2. The van der Waals surface area contributed by atoms with Gasteiger partial charge < -0.3 is 4.74 Å². The van der Waals surface area contributed by atoms with Crippen LogP contribution in [-0.4, -0.2) is 19.3 Å². The van der Waals surface area contributed by atoms with Crippen LogP contribution in [0.2, 0.25) is 0 Å². The maximum atomic E-state index is 13.2. The second-order valence-electron chi connectivity index (χ2n) is 2.39. The first-order chi connectivity index (χ1) is 5.20. The normalized spacial score (nSPS) is 29.8. The predicted octanol–water partition coefficient (Wildman–Crippen LogP) is 1.38. The summed E-state index contributed by atoms with van der Waals surface area (Å²) in [7, 11) is 1.28. The quantitative estimate of drug-likeness (QED) is 0.564. The Bertz CT molecular complexity index is 220. The lowest BCUT2D eigenvalue weighted by molar-refractivity contribution is -0.108. The van der Waals surface area contributed by atoms with E-state index in [4.69, 9.17) is 0 Å². The standard InChI is InChI=1S/C8H9FO2/c1-11-8(9)4-2-3-7(5-8)6-10/h2-4,6H,5H2,1H3. The Morgan fingerprint density at radius 2 is 2.55 bits per heavy atom. The lowest BCUT2D eigenvalue weighted by Gasteiger charge is -2.21. The molecule has 0 spiro atoms. The molecule has 0 aromatic carbocycles. The topological polar surface area (TPSA) is 26.3 Å². The highest BCUT2D eigenvalue weighted by molar-refractivity contribution is 5.74. The zero-order chi connectivity index (χ0) is 8.32. The molecule has 0 N–H and O–H groups in total. The SMILES string of the molecule is COC1(F)C=CC=C(C=O)C1. The van der Waals surface area contributed by atoms with Gasteiger partial charge >= 0.3 is 0 Å². The molecule has 1 aliphatic rings. The van der Waals surface area contributed by atoms with Crippen LogP contribution in [0.3, 0.4) is 0 Å². The minimum Gasteiger partial charge on any atom is -0.346 e. The molecule has 0 heterocycles. The van der Waals surface area contributed by atoms with E-state index in [9.17, 15) is 9.18 Å². The summed E-state index contributed by atoms with van der Waals surface area (Å²) in [5, 5.41) is 0. The largest absolute Gasteiger partial charge is 0.346 e. The van der Waals surface area contributed by atoms with Crippen molar-refractivity contribution in [2.24, 2.45) is 0 Å². The third-order valence-electron chi connectivity index (χ3n) is 1.59. The zero-order valence-corrected chi connectivity index (χ0v) is 6.21. The van der Waals surface area contributed by atoms with Crippen molar-refractivity contribution in [3.05, 3.63) is 23.8 Å². The molecule has 0 fully saturated rings. The Balaban J connectivity index is 2.76. The fourth-order valence-corrected chi connectivity index (χ4v) is 0.933. The van der Waals surface area contributed by atoms with Crippen molar-refractivity contribution in [3.8, 4) is 0 Å². The Kier molecular flexibility index (Phi) is 2.19. The van der Waals surface area contributed by atoms with E-state index in [0.717, 1.165) is 0 Å². The molecule has 1 rings (SSSR count). The summed E-state index contributed by atoms with van der Waals surface area (Å²) in [6.45, 7) is 0. The number of carbonyl (C=O) groups excluding carboxylic acids is 1. The van der Waals surface area contributed by atoms with E-state index < -0.39 is 5.85 Å². The van der Waals surface area contributed by atoms with Gasteiger partial charge in [-0.2, -0.15) is 0 Å². The summed E-state index contributed by atoms with van der Waals surface area (Å²) in [5.74, 6) is -1.79. The van der Waals surface area contributed by atoms with E-state index in [1.54, 1.807) is 6.08 Å². The lowest BCUT2D eigenvalue weighted by Crippen LogP contribution is -2.24. The molecule has 11 heavy (non-hydrogen) atoms. The fourth-order valence-electron chi connectivity index (χ4n) is 0.933. The molecule has 60 valence electrons. The molecular formula is C8H9FO2. The first-order valence-corrected chi connectivity index (χ1v) is 3.28. The second-order valence-corrected chi connectivity index (χ2v) is 2.39. The first kappa shape index (κ1) is 8.14. The van der Waals surface area contributed by atoms with Crippen LogP contribution in [0.1, 0.15) is 6.42 Å². The maximum Gasteiger partial charge on any atom is 0.232 e. The third kappa shape index (κ3) is 1.74. The predicted molar refractivity (Wildman–Crippen MR) is 38.8 cm³/mol. The van der Waals surface area contributed by atoms with Crippen molar-refractivity contribution in [2.75, 3.05) is 7.11 Å². The van der Waals surface area contributed by atoms with E-state index in [2.05, 4.69) is 4.74 Å². The number of alkyl halides is 1. The van der Waals surface area contributed by atoms with Gasteiger partial charge in [-0.3, -0.25) is 4.79 Å². The van der Waals surface area contributed by atoms with Crippen molar-refractivity contribution >= 4 is 6.29 Å². The van der Waals surface area contributed by atoms with Gasteiger partial charge in [0.2, 0.25) is 5.85 Å². The minimum atomic E-state index is -1.79. The van der Waals surface area contributed by atoms with Crippen LogP contribution in [0.4, 0.5) is 4.39 Å². The Labute approximate surface area is 64.3 Å². The van der Waals surface area contributed by atoms with Crippen LogP contribution in [-0.2, 0) is 9.53 Å². The van der Waals surface area contributed by atoms with Crippen molar-refractivity contribution in [3.63, 3.8) is 0 Å². The van der Waals surface area contributed by atoms with Crippen LogP contribution in [0.15, 0.2) is 23.8 Å². The van der Waals surface area contributed by atoms with Crippen molar-refractivity contribution in [2.45, 2.75) is 12.3 Å². The number of methoxy groups -OCH3 is 1. The Morgan fingerprint density at radius 1 is 1.82 bits per heavy atom. The number of allylic oxidation sites excluding steroid dienone is 2. The number of halogens is 1. The molecule has 0 aromatic rings. The molecule has 0 saturated carbocycles. The van der Waals surface area contributed by atoms with Crippen LogP contribution < -0.4 is 0 Å². The van der Waals surface area contributed by atoms with E-state index in [-0.39, 0.29) is 6.42 Å². The second kappa shape index (κ2) is 2.96. The van der Waals surface area contributed by atoms with Gasteiger partial charge in [0.25, 0.3) is 0 Å². The average molecular weight is 156 g/mol. The van der Waals surface area contributed by atoms with Crippen LogP contribution >= 0.6 is 0 Å². The molecule has 1 atom stereocenters. The zero-order valence-electron chi connectivity index (χ0n) is 6.21. The molecule has 1 aliphatic carbocycles. The lowest BCUT2D eigenvalue weighted by atomic mass is 10.0. The molecule has 0 saturated heterocycles. The summed E-state index contributed by atoms with van der Waals surface area (Å²) in [6.07, 6.45) is 4.99. The van der Waals surface area contributed by atoms with Gasteiger partial charge in [0.1, 0.15) is 6.29 Å². The van der Waals surface area contributed by atoms with Crippen molar-refractivity contribution in [1.29, 1.82) is 0 Å². The van der Waals surface area contributed by atoms with Crippen LogP contribution in [0.25, 0.3) is 0 Å². The molecule has 0 aromatic heterocycles. The molecule has 0 aliphatic heterocycles. The van der Waals surface area contributed by atoms with Gasteiger partial charge in [0.15, 0.2) is 0 Å². The average Bonchev–Trinajstić information content (AvgIpc) is 2.05. The van der Waals surface area contributed by atoms with Crippen LogP contribution in [0, 0.1) is 0 Å². The highest BCUT2D eigenvalue weighted by atomic mass is 19.2. The molecule has 1 unspecified atom stereocenters. The minimum absolute atomic E-state index is 0.00347. The van der Waals surface area contributed by atoms with E-state index in [0.29, 0.717) is 11.9 Å². The number of carbonyl (C=O) groups is 1. The molecule has 0 amide bonds.